The number of aromatic amines is 1. The van der Waals surface area contributed by atoms with Crippen molar-refractivity contribution in [3.63, 3.8) is 0 Å². The lowest BCUT2D eigenvalue weighted by molar-refractivity contribution is -0.0122. The number of fused-ring (bicyclic) bond motifs is 1. The number of aromatic nitrogens is 5. The lowest BCUT2D eigenvalue weighted by Gasteiger charge is -2.35. The first-order valence-electron chi connectivity index (χ1n) is 9.73. The average Bonchev–Trinajstić information content (AvgIpc) is 3.36. The van der Waals surface area contributed by atoms with Crippen LogP contribution < -0.4 is 10.6 Å². The minimum Gasteiger partial charge on any atom is -0.378 e. The molecule has 3 N–H and O–H groups in total. The summed E-state index contributed by atoms with van der Waals surface area (Å²) in [5, 5.41) is 14.6. The van der Waals surface area contributed by atoms with Gasteiger partial charge in [-0.25, -0.2) is 9.97 Å². The first kappa shape index (κ1) is 17.3. The molecule has 0 unspecified atom stereocenters. The van der Waals surface area contributed by atoms with Gasteiger partial charge in [-0.2, -0.15) is 5.10 Å². The Morgan fingerprint density at radius 3 is 2.71 bits per heavy atom. The number of amides is 1. The van der Waals surface area contributed by atoms with Crippen LogP contribution in [0.5, 0.6) is 0 Å². The standard InChI is InChI=1S/C19H23N7O2/c27-19(23-14-3-1-13(2-4-14)22-15-9-28-10-15)18-17-12(8-21-25-17)7-16(24-18)26-6-5-20-11-26/h5-8,11,13-15,22H,1-4,9-10H2,(H,21,25)(H,23,27)/t13-,14-. The number of nitrogens with zero attached hydrogens (tertiary/aromatic N) is 4. The van der Waals surface area contributed by atoms with Crippen LogP contribution in [0, 0.1) is 0 Å². The minimum absolute atomic E-state index is 0.167. The van der Waals surface area contributed by atoms with Gasteiger partial charge < -0.3 is 15.4 Å². The first-order chi connectivity index (χ1) is 13.8. The van der Waals surface area contributed by atoms with Crippen molar-refractivity contribution in [2.24, 2.45) is 0 Å². The van der Waals surface area contributed by atoms with E-state index in [9.17, 15) is 4.79 Å². The van der Waals surface area contributed by atoms with Gasteiger partial charge in [-0.1, -0.05) is 0 Å². The Labute approximate surface area is 161 Å². The summed E-state index contributed by atoms with van der Waals surface area (Å²) in [6.45, 7) is 1.63. The Bertz CT molecular complexity index is 956. The normalized spacial score (nSPS) is 22.9. The van der Waals surface area contributed by atoms with E-state index in [0.717, 1.165) is 44.3 Å². The van der Waals surface area contributed by atoms with E-state index < -0.39 is 0 Å². The number of hydrogen-bond donors (Lipinski definition) is 3. The number of imidazole rings is 1. The van der Waals surface area contributed by atoms with Gasteiger partial charge >= 0.3 is 0 Å². The van der Waals surface area contributed by atoms with Crippen molar-refractivity contribution < 1.29 is 9.53 Å². The monoisotopic (exact) mass is 381 g/mol. The van der Waals surface area contributed by atoms with Gasteiger partial charge in [0, 0.05) is 29.9 Å². The van der Waals surface area contributed by atoms with Gasteiger partial charge in [-0.3, -0.25) is 14.5 Å². The van der Waals surface area contributed by atoms with Crippen LogP contribution in [0.4, 0.5) is 0 Å². The topological polar surface area (TPSA) is 110 Å². The molecule has 3 aromatic rings. The number of rotatable bonds is 5. The zero-order valence-electron chi connectivity index (χ0n) is 15.5. The van der Waals surface area contributed by atoms with Crippen molar-refractivity contribution in [3.8, 4) is 5.82 Å². The van der Waals surface area contributed by atoms with Crippen LogP contribution in [0.25, 0.3) is 16.7 Å². The molecule has 0 spiro atoms. The number of H-pyrrole nitrogens is 1. The zero-order chi connectivity index (χ0) is 18.9. The molecular formula is C19H23N7O2. The fraction of sp³-hybridized carbons (Fsp3) is 0.474. The predicted molar refractivity (Wildman–Crippen MR) is 102 cm³/mol. The van der Waals surface area contributed by atoms with E-state index in [-0.39, 0.29) is 11.9 Å². The molecule has 28 heavy (non-hydrogen) atoms. The highest BCUT2D eigenvalue weighted by atomic mass is 16.5. The Balaban J connectivity index is 1.29. The van der Waals surface area contributed by atoms with Crippen LogP contribution in [-0.2, 0) is 4.74 Å². The van der Waals surface area contributed by atoms with Gasteiger partial charge in [-0.05, 0) is 31.7 Å². The van der Waals surface area contributed by atoms with E-state index in [1.807, 2.05) is 6.07 Å². The number of pyridine rings is 1. The first-order valence-corrected chi connectivity index (χ1v) is 9.73. The summed E-state index contributed by atoms with van der Waals surface area (Å²) in [4.78, 5) is 21.6. The molecule has 2 fully saturated rings. The molecule has 0 radical (unpaired) electrons. The van der Waals surface area contributed by atoms with Crippen molar-refractivity contribution >= 4 is 16.8 Å². The molecule has 5 rings (SSSR count). The van der Waals surface area contributed by atoms with Crippen LogP contribution in [0.2, 0.25) is 0 Å². The molecule has 0 atom stereocenters. The minimum atomic E-state index is -0.167. The molecule has 0 bridgehead atoms. The van der Waals surface area contributed by atoms with Gasteiger partial charge in [0.1, 0.15) is 12.1 Å². The third-order valence-corrected chi connectivity index (χ3v) is 5.57. The molecule has 1 saturated heterocycles. The largest absolute Gasteiger partial charge is 0.378 e. The van der Waals surface area contributed by atoms with Gasteiger partial charge in [0.2, 0.25) is 0 Å². The van der Waals surface area contributed by atoms with E-state index in [0.29, 0.717) is 29.1 Å². The molecule has 1 saturated carbocycles. The second kappa shape index (κ2) is 7.33. The summed E-state index contributed by atoms with van der Waals surface area (Å²) >= 11 is 0. The summed E-state index contributed by atoms with van der Waals surface area (Å²) in [6.07, 6.45) is 10.9. The Hall–Kier alpha value is -2.78. The Morgan fingerprint density at radius 1 is 1.18 bits per heavy atom. The molecule has 9 heteroatoms. The Morgan fingerprint density at radius 2 is 2.00 bits per heavy atom. The van der Waals surface area contributed by atoms with Gasteiger partial charge in [0.05, 0.1) is 31.0 Å². The molecule has 1 amide bonds. The molecule has 4 heterocycles. The second-order valence-corrected chi connectivity index (χ2v) is 7.56. The zero-order valence-corrected chi connectivity index (χ0v) is 15.5. The molecule has 1 aliphatic carbocycles. The van der Waals surface area contributed by atoms with Crippen molar-refractivity contribution in [2.75, 3.05) is 13.2 Å². The predicted octanol–water partition coefficient (Wildman–Crippen LogP) is 1.17. The third kappa shape index (κ3) is 3.38. The maximum atomic E-state index is 13.0. The van der Waals surface area contributed by atoms with Crippen LogP contribution >= 0.6 is 0 Å². The molecule has 2 aliphatic rings. The van der Waals surface area contributed by atoms with E-state index in [2.05, 4.69) is 30.8 Å². The number of ether oxygens (including phenoxy) is 1. The summed E-state index contributed by atoms with van der Waals surface area (Å²) < 4.78 is 7.01. The Kier molecular flexibility index (Phi) is 4.53. The van der Waals surface area contributed by atoms with E-state index in [1.165, 1.54) is 0 Å². The average molecular weight is 381 g/mol. The maximum absolute atomic E-state index is 13.0. The molecule has 1 aliphatic heterocycles. The van der Waals surface area contributed by atoms with Crippen molar-refractivity contribution in [2.45, 2.75) is 43.8 Å². The highest BCUT2D eigenvalue weighted by Gasteiger charge is 2.27. The van der Waals surface area contributed by atoms with E-state index >= 15 is 0 Å². The molecular weight excluding hydrogens is 358 g/mol. The lowest BCUT2D eigenvalue weighted by Crippen LogP contribution is -2.52. The van der Waals surface area contributed by atoms with Gasteiger partial charge in [-0.15, -0.1) is 0 Å². The van der Waals surface area contributed by atoms with E-state index in [1.54, 1.807) is 29.5 Å². The number of hydrogen-bond acceptors (Lipinski definition) is 6. The number of nitrogens with one attached hydrogen (secondary N) is 3. The van der Waals surface area contributed by atoms with E-state index in [4.69, 9.17) is 4.74 Å². The maximum Gasteiger partial charge on any atom is 0.272 e. The van der Waals surface area contributed by atoms with Crippen LogP contribution in [0.15, 0.2) is 31.0 Å². The SMILES string of the molecule is O=C(N[C@H]1CC[C@H](NC2COC2)CC1)c1nc(-n2ccnc2)cc2cn[nH]c12. The quantitative estimate of drug-likeness (QED) is 0.612. The molecule has 146 valence electrons. The number of carbonyl (C=O) groups is 1. The highest BCUT2D eigenvalue weighted by molar-refractivity contribution is 6.04. The molecule has 0 aromatic carbocycles. The van der Waals surface area contributed by atoms with Crippen molar-refractivity contribution in [3.05, 3.63) is 36.7 Å². The van der Waals surface area contributed by atoms with Gasteiger partial charge in [0.25, 0.3) is 5.91 Å². The van der Waals surface area contributed by atoms with Gasteiger partial charge in [0.15, 0.2) is 5.69 Å². The molecule has 3 aromatic heterocycles. The molecule has 9 nitrogen and oxygen atoms in total. The fourth-order valence-corrected chi connectivity index (χ4v) is 3.95. The summed E-state index contributed by atoms with van der Waals surface area (Å²) in [5.74, 6) is 0.479. The smallest absolute Gasteiger partial charge is 0.272 e. The summed E-state index contributed by atoms with van der Waals surface area (Å²) in [6, 6.07) is 3.07. The van der Waals surface area contributed by atoms with Crippen LogP contribution in [0.3, 0.4) is 0 Å². The summed E-state index contributed by atoms with van der Waals surface area (Å²) in [5.41, 5.74) is 1.02. The fourth-order valence-electron chi connectivity index (χ4n) is 3.95. The second-order valence-electron chi connectivity index (χ2n) is 7.56. The van der Waals surface area contributed by atoms with Crippen LogP contribution in [0.1, 0.15) is 36.2 Å². The summed E-state index contributed by atoms with van der Waals surface area (Å²) in [7, 11) is 0. The van der Waals surface area contributed by atoms with Crippen LogP contribution in [-0.4, -0.2) is 62.0 Å². The highest BCUT2D eigenvalue weighted by Crippen LogP contribution is 2.22. The van der Waals surface area contributed by atoms with Crippen molar-refractivity contribution in [1.29, 1.82) is 0 Å². The third-order valence-electron chi connectivity index (χ3n) is 5.57. The van der Waals surface area contributed by atoms with Crippen molar-refractivity contribution in [1.82, 2.24) is 35.4 Å². The number of carbonyl (C=O) groups excluding carboxylic acids is 1. The lowest BCUT2D eigenvalue weighted by atomic mass is 9.90.